The van der Waals surface area contributed by atoms with E-state index in [9.17, 15) is 0 Å². The number of aromatic nitrogens is 3. The summed E-state index contributed by atoms with van der Waals surface area (Å²) in [5, 5.41) is 13.3. The van der Waals surface area contributed by atoms with Gasteiger partial charge in [0.15, 0.2) is 0 Å². The maximum atomic E-state index is 9.13. The summed E-state index contributed by atoms with van der Waals surface area (Å²) >= 11 is 0. The van der Waals surface area contributed by atoms with Gasteiger partial charge in [0.25, 0.3) is 0 Å². The molecule has 0 spiro atoms. The summed E-state index contributed by atoms with van der Waals surface area (Å²) < 4.78 is 1.72. The first-order chi connectivity index (χ1) is 9.83. The number of pyridine rings is 1. The molecule has 20 heavy (non-hydrogen) atoms. The fraction of sp³-hybridized carbons (Fsp3) is 0.133. The summed E-state index contributed by atoms with van der Waals surface area (Å²) in [6, 6.07) is 12.1. The maximum Gasteiger partial charge on any atom is 0.218 e. The summed E-state index contributed by atoms with van der Waals surface area (Å²) in [4.78, 5) is 8.71. The highest BCUT2D eigenvalue weighted by Crippen LogP contribution is 2.20. The SMILES string of the molecule is CNCc1cc2ccccc2nc1-n1ccnc1C#N. The van der Waals surface area contributed by atoms with Gasteiger partial charge in [-0.05, 0) is 19.2 Å². The molecule has 0 atom stereocenters. The first-order valence-electron chi connectivity index (χ1n) is 6.30. The molecule has 0 aliphatic carbocycles. The third kappa shape index (κ3) is 2.02. The Morgan fingerprint density at radius 1 is 1.35 bits per heavy atom. The molecule has 0 radical (unpaired) electrons. The molecule has 0 saturated carbocycles. The number of hydrogen-bond donors (Lipinski definition) is 1. The van der Waals surface area contributed by atoms with E-state index in [-0.39, 0.29) is 0 Å². The van der Waals surface area contributed by atoms with Crippen LogP contribution >= 0.6 is 0 Å². The van der Waals surface area contributed by atoms with Crippen molar-refractivity contribution in [3.8, 4) is 11.9 Å². The molecule has 0 unspecified atom stereocenters. The number of nitrogens with one attached hydrogen (secondary N) is 1. The van der Waals surface area contributed by atoms with Crippen LogP contribution < -0.4 is 5.32 Å². The van der Waals surface area contributed by atoms with E-state index >= 15 is 0 Å². The first kappa shape index (κ1) is 12.3. The van der Waals surface area contributed by atoms with Crippen molar-refractivity contribution < 1.29 is 0 Å². The molecule has 0 saturated heterocycles. The molecule has 0 amide bonds. The number of benzene rings is 1. The molecule has 0 bridgehead atoms. The number of hydrogen-bond acceptors (Lipinski definition) is 4. The predicted molar refractivity (Wildman–Crippen MR) is 76.3 cm³/mol. The van der Waals surface area contributed by atoms with E-state index in [4.69, 9.17) is 5.26 Å². The summed E-state index contributed by atoms with van der Waals surface area (Å²) in [5.74, 6) is 1.08. The highest BCUT2D eigenvalue weighted by atomic mass is 15.1. The summed E-state index contributed by atoms with van der Waals surface area (Å²) in [6.07, 6.45) is 3.37. The van der Waals surface area contributed by atoms with Crippen molar-refractivity contribution in [1.82, 2.24) is 19.9 Å². The zero-order chi connectivity index (χ0) is 13.9. The quantitative estimate of drug-likeness (QED) is 0.785. The van der Waals surface area contributed by atoms with Gasteiger partial charge in [-0.15, -0.1) is 0 Å². The van der Waals surface area contributed by atoms with Crippen molar-refractivity contribution in [3.63, 3.8) is 0 Å². The van der Waals surface area contributed by atoms with E-state index in [1.165, 1.54) is 0 Å². The Bertz CT molecular complexity index is 797. The molecule has 2 heterocycles. The molecule has 0 fully saturated rings. The molecule has 3 rings (SSSR count). The van der Waals surface area contributed by atoms with E-state index in [2.05, 4.69) is 27.4 Å². The van der Waals surface area contributed by atoms with E-state index in [1.807, 2.05) is 31.3 Å². The minimum atomic E-state index is 0.338. The number of imidazole rings is 1. The van der Waals surface area contributed by atoms with Gasteiger partial charge in [-0.2, -0.15) is 5.26 Å². The molecule has 1 aromatic carbocycles. The van der Waals surface area contributed by atoms with Crippen molar-refractivity contribution in [1.29, 1.82) is 5.26 Å². The van der Waals surface area contributed by atoms with Crippen LogP contribution in [0.4, 0.5) is 0 Å². The molecule has 3 aromatic rings. The largest absolute Gasteiger partial charge is 0.316 e. The zero-order valence-electron chi connectivity index (χ0n) is 11.0. The van der Waals surface area contributed by atoms with Crippen LogP contribution in [0.2, 0.25) is 0 Å². The number of rotatable bonds is 3. The molecule has 5 nitrogen and oxygen atoms in total. The van der Waals surface area contributed by atoms with Gasteiger partial charge < -0.3 is 5.32 Å². The average Bonchev–Trinajstić information content (AvgIpc) is 2.95. The van der Waals surface area contributed by atoms with Crippen LogP contribution in [0, 0.1) is 11.3 Å². The van der Waals surface area contributed by atoms with Gasteiger partial charge in [0, 0.05) is 29.9 Å². The minimum Gasteiger partial charge on any atom is -0.316 e. The second-order valence-corrected chi connectivity index (χ2v) is 4.43. The Morgan fingerprint density at radius 2 is 2.20 bits per heavy atom. The number of fused-ring (bicyclic) bond motifs is 1. The molecule has 0 aliphatic heterocycles. The predicted octanol–water partition coefficient (Wildman–Crippen LogP) is 2.01. The first-order valence-corrected chi connectivity index (χ1v) is 6.30. The fourth-order valence-corrected chi connectivity index (χ4v) is 2.24. The van der Waals surface area contributed by atoms with Crippen molar-refractivity contribution in [2.45, 2.75) is 6.54 Å². The van der Waals surface area contributed by atoms with E-state index in [0.29, 0.717) is 12.4 Å². The Hall–Kier alpha value is -2.71. The number of para-hydroxylation sites is 1. The van der Waals surface area contributed by atoms with E-state index in [1.54, 1.807) is 17.0 Å². The molecule has 98 valence electrons. The third-order valence-electron chi connectivity index (χ3n) is 3.12. The lowest BCUT2D eigenvalue weighted by molar-refractivity contribution is 0.799. The lowest BCUT2D eigenvalue weighted by atomic mass is 10.1. The van der Waals surface area contributed by atoms with Gasteiger partial charge in [0.1, 0.15) is 11.9 Å². The van der Waals surface area contributed by atoms with Crippen molar-refractivity contribution in [3.05, 3.63) is 54.1 Å². The molecule has 1 N–H and O–H groups in total. The lowest BCUT2D eigenvalue weighted by Gasteiger charge is -2.11. The average molecular weight is 263 g/mol. The second kappa shape index (κ2) is 5.11. The van der Waals surface area contributed by atoms with Crippen molar-refractivity contribution in [2.75, 3.05) is 7.05 Å². The Labute approximate surface area is 116 Å². The maximum absolute atomic E-state index is 9.13. The van der Waals surface area contributed by atoms with Gasteiger partial charge in [-0.3, -0.25) is 4.57 Å². The number of nitrogens with zero attached hydrogens (tertiary/aromatic N) is 4. The van der Waals surface area contributed by atoms with Crippen LogP contribution in [0.15, 0.2) is 42.7 Å². The summed E-state index contributed by atoms with van der Waals surface area (Å²) in [6.45, 7) is 0.677. The number of nitriles is 1. The van der Waals surface area contributed by atoms with E-state index in [0.717, 1.165) is 22.3 Å². The monoisotopic (exact) mass is 263 g/mol. The van der Waals surface area contributed by atoms with Crippen molar-refractivity contribution >= 4 is 10.9 Å². The highest BCUT2D eigenvalue weighted by molar-refractivity contribution is 5.80. The Morgan fingerprint density at radius 3 is 3.00 bits per heavy atom. The molecule has 2 aromatic heterocycles. The smallest absolute Gasteiger partial charge is 0.218 e. The molecule has 5 heteroatoms. The summed E-state index contributed by atoms with van der Waals surface area (Å²) in [5.41, 5.74) is 1.93. The van der Waals surface area contributed by atoms with Crippen LogP contribution in [0.3, 0.4) is 0 Å². The third-order valence-corrected chi connectivity index (χ3v) is 3.12. The van der Waals surface area contributed by atoms with Gasteiger partial charge in [-0.25, -0.2) is 9.97 Å². The van der Waals surface area contributed by atoms with Crippen molar-refractivity contribution in [2.24, 2.45) is 0 Å². The Kier molecular flexibility index (Phi) is 3.15. The second-order valence-electron chi connectivity index (χ2n) is 4.43. The van der Waals surface area contributed by atoms with Gasteiger partial charge in [0.05, 0.1) is 5.52 Å². The van der Waals surface area contributed by atoms with Gasteiger partial charge >= 0.3 is 0 Å². The highest BCUT2D eigenvalue weighted by Gasteiger charge is 2.11. The standard InChI is InChI=1S/C15H13N5/c1-17-10-12-8-11-4-2-3-5-13(11)19-15(12)20-7-6-18-14(20)9-16/h2-8,17H,10H2,1H3. The fourth-order valence-electron chi connectivity index (χ4n) is 2.24. The zero-order valence-corrected chi connectivity index (χ0v) is 11.0. The minimum absolute atomic E-state index is 0.338. The van der Waals surface area contributed by atoms with Crippen LogP contribution in [0.25, 0.3) is 16.7 Å². The van der Waals surface area contributed by atoms with Gasteiger partial charge in [-0.1, -0.05) is 18.2 Å². The lowest BCUT2D eigenvalue weighted by Crippen LogP contribution is -2.11. The molecular formula is C15H13N5. The van der Waals surface area contributed by atoms with Crippen LogP contribution in [0.5, 0.6) is 0 Å². The molecular weight excluding hydrogens is 250 g/mol. The van der Waals surface area contributed by atoms with Gasteiger partial charge in [0.2, 0.25) is 5.82 Å². The normalized spacial score (nSPS) is 10.6. The topological polar surface area (TPSA) is 66.5 Å². The summed E-state index contributed by atoms with van der Waals surface area (Å²) in [7, 11) is 1.89. The van der Waals surface area contributed by atoms with E-state index < -0.39 is 0 Å². The van der Waals surface area contributed by atoms with Crippen LogP contribution in [0.1, 0.15) is 11.4 Å². The molecule has 0 aliphatic rings. The Balaban J connectivity index is 2.27. The van der Waals surface area contributed by atoms with Crippen LogP contribution in [-0.4, -0.2) is 21.6 Å². The van der Waals surface area contributed by atoms with Crippen LogP contribution in [-0.2, 0) is 6.54 Å².